The van der Waals surface area contributed by atoms with Gasteiger partial charge in [-0.3, -0.25) is 0 Å². The molecule has 0 aliphatic heterocycles. The minimum atomic E-state index is -3.44. The van der Waals surface area contributed by atoms with Crippen LogP contribution in [0.2, 0.25) is 0 Å². The van der Waals surface area contributed by atoms with Crippen LogP contribution in [0.1, 0.15) is 25.0 Å². The highest BCUT2D eigenvalue weighted by atomic mass is 32.2. The van der Waals surface area contributed by atoms with Gasteiger partial charge in [-0.2, -0.15) is 0 Å². The Balaban J connectivity index is 3.24. The van der Waals surface area contributed by atoms with E-state index in [9.17, 15) is 8.42 Å². The fourth-order valence-corrected chi connectivity index (χ4v) is 3.58. The van der Waals surface area contributed by atoms with Gasteiger partial charge >= 0.3 is 0 Å². The largest absolute Gasteiger partial charge is 0.495 e. The number of ether oxygens (including phenoxy) is 1. The van der Waals surface area contributed by atoms with Crippen LogP contribution in [0.4, 0.5) is 0 Å². The summed E-state index contributed by atoms with van der Waals surface area (Å²) in [5.74, 6) is 0.440. The minimum absolute atomic E-state index is 0.0659. The lowest BCUT2D eigenvalue weighted by Crippen LogP contribution is -2.34. The standard InChI is InChI=1S/C14H23NO3S/c1-9(2)12(15)8-19(16,17)14-7-11(4)10(3)6-13(14)18-5/h6-7,9,12H,8,15H2,1-5H3. The molecule has 0 bridgehead atoms. The lowest BCUT2D eigenvalue weighted by molar-refractivity contribution is 0.402. The Bertz CT molecular complexity index is 550. The second-order valence-corrected chi connectivity index (χ2v) is 7.28. The molecule has 0 saturated heterocycles. The van der Waals surface area contributed by atoms with Gasteiger partial charge in [0, 0.05) is 6.04 Å². The smallest absolute Gasteiger partial charge is 0.183 e. The molecule has 0 saturated carbocycles. The van der Waals surface area contributed by atoms with Gasteiger partial charge in [0.25, 0.3) is 0 Å². The second kappa shape index (κ2) is 5.92. The SMILES string of the molecule is COc1cc(C)c(C)cc1S(=O)(=O)CC(N)C(C)C. The molecule has 1 unspecified atom stereocenters. The number of rotatable bonds is 5. The van der Waals surface area contributed by atoms with E-state index in [1.54, 1.807) is 12.1 Å². The summed E-state index contributed by atoms with van der Waals surface area (Å²) in [6.07, 6.45) is 0. The molecule has 0 heterocycles. The highest BCUT2D eigenvalue weighted by Gasteiger charge is 2.24. The van der Waals surface area contributed by atoms with E-state index in [0.29, 0.717) is 5.75 Å². The van der Waals surface area contributed by atoms with Gasteiger partial charge < -0.3 is 10.5 Å². The Morgan fingerprint density at radius 2 is 1.74 bits per heavy atom. The zero-order valence-electron chi connectivity index (χ0n) is 12.2. The van der Waals surface area contributed by atoms with Crippen LogP contribution in [-0.2, 0) is 9.84 Å². The quantitative estimate of drug-likeness (QED) is 0.899. The van der Waals surface area contributed by atoms with Crippen molar-refractivity contribution in [3.05, 3.63) is 23.3 Å². The first-order chi connectivity index (χ1) is 8.69. The summed E-state index contributed by atoms with van der Waals surface area (Å²) in [4.78, 5) is 0.231. The van der Waals surface area contributed by atoms with Crippen LogP contribution >= 0.6 is 0 Å². The van der Waals surface area contributed by atoms with Crippen LogP contribution < -0.4 is 10.5 Å². The monoisotopic (exact) mass is 285 g/mol. The Kier molecular flexibility index (Phi) is 4.98. The molecule has 0 radical (unpaired) electrons. The van der Waals surface area contributed by atoms with Gasteiger partial charge in [-0.25, -0.2) is 8.42 Å². The van der Waals surface area contributed by atoms with Crippen LogP contribution in [0, 0.1) is 19.8 Å². The number of nitrogens with two attached hydrogens (primary N) is 1. The van der Waals surface area contributed by atoms with E-state index in [1.807, 2.05) is 27.7 Å². The molecule has 1 aromatic rings. The third-order valence-corrected chi connectivity index (χ3v) is 5.20. The lowest BCUT2D eigenvalue weighted by Gasteiger charge is -2.17. The third-order valence-electron chi connectivity index (χ3n) is 3.38. The molecular formula is C14H23NO3S. The summed E-state index contributed by atoms with van der Waals surface area (Å²) < 4.78 is 30.1. The van der Waals surface area contributed by atoms with Crippen LogP contribution in [-0.4, -0.2) is 27.3 Å². The molecule has 0 aliphatic carbocycles. The lowest BCUT2D eigenvalue weighted by atomic mass is 10.1. The summed E-state index contributed by atoms with van der Waals surface area (Å²) in [6, 6.07) is 3.04. The highest BCUT2D eigenvalue weighted by molar-refractivity contribution is 7.91. The van der Waals surface area contributed by atoms with Gasteiger partial charge in [-0.05, 0) is 43.0 Å². The average molecular weight is 285 g/mol. The Morgan fingerprint density at radius 3 is 2.21 bits per heavy atom. The van der Waals surface area contributed by atoms with E-state index in [1.165, 1.54) is 7.11 Å². The first kappa shape index (κ1) is 16.0. The van der Waals surface area contributed by atoms with Crippen LogP contribution in [0.3, 0.4) is 0 Å². The first-order valence-electron chi connectivity index (χ1n) is 6.32. The first-order valence-corrected chi connectivity index (χ1v) is 7.98. The minimum Gasteiger partial charge on any atom is -0.495 e. The molecule has 5 heteroatoms. The molecule has 0 aliphatic rings. The van der Waals surface area contributed by atoms with Crippen molar-refractivity contribution < 1.29 is 13.2 Å². The van der Waals surface area contributed by atoms with Gasteiger partial charge in [-0.1, -0.05) is 13.8 Å². The summed E-state index contributed by atoms with van der Waals surface area (Å²) in [7, 11) is -1.96. The summed E-state index contributed by atoms with van der Waals surface area (Å²) >= 11 is 0. The van der Waals surface area contributed by atoms with Gasteiger partial charge in [0.05, 0.1) is 12.9 Å². The molecule has 2 N–H and O–H groups in total. The van der Waals surface area contributed by atoms with E-state index in [4.69, 9.17) is 10.5 Å². The Hall–Kier alpha value is -1.07. The van der Waals surface area contributed by atoms with Crippen LogP contribution in [0.25, 0.3) is 0 Å². The molecule has 1 rings (SSSR count). The summed E-state index contributed by atoms with van der Waals surface area (Å²) in [6.45, 7) is 7.64. The zero-order valence-corrected chi connectivity index (χ0v) is 13.0. The van der Waals surface area contributed by atoms with E-state index < -0.39 is 9.84 Å². The van der Waals surface area contributed by atoms with Crippen molar-refractivity contribution >= 4 is 9.84 Å². The fraction of sp³-hybridized carbons (Fsp3) is 0.571. The van der Waals surface area contributed by atoms with E-state index in [0.717, 1.165) is 11.1 Å². The van der Waals surface area contributed by atoms with Crippen LogP contribution in [0.15, 0.2) is 17.0 Å². The number of methoxy groups -OCH3 is 1. The molecule has 0 fully saturated rings. The normalized spacial score (nSPS) is 13.6. The van der Waals surface area contributed by atoms with Crippen molar-refractivity contribution in [1.29, 1.82) is 0 Å². The summed E-state index contributed by atoms with van der Waals surface area (Å²) in [5.41, 5.74) is 7.81. The molecular weight excluding hydrogens is 262 g/mol. The number of hydrogen-bond donors (Lipinski definition) is 1. The average Bonchev–Trinajstić information content (AvgIpc) is 2.31. The Morgan fingerprint density at radius 1 is 1.21 bits per heavy atom. The molecule has 0 spiro atoms. The predicted molar refractivity (Wildman–Crippen MR) is 77.3 cm³/mol. The fourth-order valence-electron chi connectivity index (χ4n) is 1.70. The van der Waals surface area contributed by atoms with Crippen molar-refractivity contribution in [2.45, 2.75) is 38.6 Å². The second-order valence-electron chi connectivity index (χ2n) is 5.28. The van der Waals surface area contributed by atoms with Gasteiger partial charge in [0.2, 0.25) is 0 Å². The maximum absolute atomic E-state index is 12.4. The zero-order chi connectivity index (χ0) is 14.8. The van der Waals surface area contributed by atoms with Crippen LogP contribution in [0.5, 0.6) is 5.75 Å². The molecule has 108 valence electrons. The summed E-state index contributed by atoms with van der Waals surface area (Å²) in [5, 5.41) is 0. The van der Waals surface area contributed by atoms with Crippen molar-refractivity contribution in [3.8, 4) is 5.75 Å². The van der Waals surface area contributed by atoms with Crippen molar-refractivity contribution in [1.82, 2.24) is 0 Å². The number of benzene rings is 1. The topological polar surface area (TPSA) is 69.4 Å². The maximum Gasteiger partial charge on any atom is 0.183 e. The molecule has 19 heavy (non-hydrogen) atoms. The van der Waals surface area contributed by atoms with Gasteiger partial charge in [-0.15, -0.1) is 0 Å². The van der Waals surface area contributed by atoms with Crippen molar-refractivity contribution in [2.75, 3.05) is 12.9 Å². The number of aryl methyl sites for hydroxylation is 2. The van der Waals surface area contributed by atoms with Crippen molar-refractivity contribution in [3.63, 3.8) is 0 Å². The molecule has 4 nitrogen and oxygen atoms in total. The van der Waals surface area contributed by atoms with Gasteiger partial charge in [0.15, 0.2) is 9.84 Å². The molecule has 1 atom stereocenters. The predicted octanol–water partition coefficient (Wildman–Crippen LogP) is 2.07. The molecule has 1 aromatic carbocycles. The maximum atomic E-state index is 12.4. The number of sulfone groups is 1. The molecule has 0 aromatic heterocycles. The van der Waals surface area contributed by atoms with Crippen molar-refractivity contribution in [2.24, 2.45) is 11.7 Å². The van der Waals surface area contributed by atoms with E-state index >= 15 is 0 Å². The molecule has 0 amide bonds. The highest BCUT2D eigenvalue weighted by Crippen LogP contribution is 2.28. The number of hydrogen-bond acceptors (Lipinski definition) is 4. The van der Waals surface area contributed by atoms with E-state index in [2.05, 4.69) is 0 Å². The van der Waals surface area contributed by atoms with E-state index in [-0.39, 0.29) is 22.6 Å². The Labute approximate surface area is 115 Å². The van der Waals surface area contributed by atoms with Gasteiger partial charge in [0.1, 0.15) is 10.6 Å². The third kappa shape index (κ3) is 3.70.